The smallest absolute Gasteiger partial charge is 0.224 e. The molecule has 2 rings (SSSR count). The van der Waals surface area contributed by atoms with Crippen molar-refractivity contribution >= 4 is 23.1 Å². The lowest BCUT2D eigenvalue weighted by molar-refractivity contribution is 0.325. The molecule has 0 unspecified atom stereocenters. The van der Waals surface area contributed by atoms with Crippen LogP contribution in [0, 0.1) is 12.3 Å². The minimum absolute atomic E-state index is 0.278. The van der Waals surface area contributed by atoms with Gasteiger partial charge in [0.2, 0.25) is 5.28 Å². The maximum atomic E-state index is 6.08. The molecule has 0 atom stereocenters. The molecule has 100 valence electrons. The molecular formula is C13H21ClN4. The van der Waals surface area contributed by atoms with Crippen molar-refractivity contribution in [1.29, 1.82) is 0 Å². The monoisotopic (exact) mass is 268 g/mol. The van der Waals surface area contributed by atoms with E-state index in [1.54, 1.807) is 0 Å². The van der Waals surface area contributed by atoms with Gasteiger partial charge in [-0.2, -0.15) is 4.98 Å². The van der Waals surface area contributed by atoms with Gasteiger partial charge in [0.05, 0.1) is 11.4 Å². The van der Waals surface area contributed by atoms with E-state index in [0.717, 1.165) is 37.4 Å². The SMILES string of the molecule is Cc1nc(Cl)nc(N2CCCC(C)(C)CC2)c1N. The first-order chi connectivity index (χ1) is 8.39. The van der Waals surface area contributed by atoms with Crippen LogP contribution in [0.5, 0.6) is 0 Å². The zero-order valence-corrected chi connectivity index (χ0v) is 12.1. The fourth-order valence-corrected chi connectivity index (χ4v) is 2.62. The van der Waals surface area contributed by atoms with E-state index in [1.807, 2.05) is 6.92 Å². The molecule has 1 aliphatic heterocycles. The molecule has 0 radical (unpaired) electrons. The van der Waals surface area contributed by atoms with Crippen LogP contribution in [0.2, 0.25) is 5.28 Å². The Morgan fingerprint density at radius 2 is 1.94 bits per heavy atom. The number of nitrogens with two attached hydrogens (primary N) is 1. The lowest BCUT2D eigenvalue weighted by Gasteiger charge is -2.25. The normalized spacial score (nSPS) is 19.7. The fraction of sp³-hybridized carbons (Fsp3) is 0.692. The van der Waals surface area contributed by atoms with Crippen molar-refractivity contribution in [1.82, 2.24) is 9.97 Å². The van der Waals surface area contributed by atoms with Crippen LogP contribution < -0.4 is 10.6 Å². The first-order valence-corrected chi connectivity index (χ1v) is 6.81. The van der Waals surface area contributed by atoms with Crippen LogP contribution in [0.3, 0.4) is 0 Å². The Morgan fingerprint density at radius 3 is 2.67 bits per heavy atom. The highest BCUT2D eigenvalue weighted by Crippen LogP contribution is 2.33. The molecule has 2 N–H and O–H groups in total. The summed E-state index contributed by atoms with van der Waals surface area (Å²) in [5, 5.41) is 0.278. The van der Waals surface area contributed by atoms with Gasteiger partial charge in [-0.15, -0.1) is 0 Å². The highest BCUT2D eigenvalue weighted by molar-refractivity contribution is 6.28. The van der Waals surface area contributed by atoms with Crippen molar-refractivity contribution in [3.63, 3.8) is 0 Å². The highest BCUT2D eigenvalue weighted by atomic mass is 35.5. The third-order valence-electron chi connectivity index (χ3n) is 3.73. The average molecular weight is 269 g/mol. The van der Waals surface area contributed by atoms with Gasteiger partial charge < -0.3 is 10.6 Å². The number of aryl methyl sites for hydroxylation is 1. The van der Waals surface area contributed by atoms with E-state index < -0.39 is 0 Å². The van der Waals surface area contributed by atoms with E-state index in [0.29, 0.717) is 11.1 Å². The maximum absolute atomic E-state index is 6.08. The topological polar surface area (TPSA) is 55.0 Å². The highest BCUT2D eigenvalue weighted by Gasteiger charge is 2.25. The maximum Gasteiger partial charge on any atom is 0.224 e. The minimum Gasteiger partial charge on any atom is -0.394 e. The van der Waals surface area contributed by atoms with Crippen molar-refractivity contribution < 1.29 is 0 Å². The predicted molar refractivity (Wildman–Crippen MR) is 76.0 cm³/mol. The second kappa shape index (κ2) is 4.92. The molecule has 0 saturated carbocycles. The number of nitrogens with zero attached hydrogens (tertiary/aromatic N) is 3. The van der Waals surface area contributed by atoms with Crippen LogP contribution in [0.1, 0.15) is 38.8 Å². The Labute approximate surface area is 114 Å². The summed E-state index contributed by atoms with van der Waals surface area (Å²) in [7, 11) is 0. The summed E-state index contributed by atoms with van der Waals surface area (Å²) in [5.74, 6) is 0.796. The Bertz CT molecular complexity index is 445. The summed E-state index contributed by atoms with van der Waals surface area (Å²) in [5.41, 5.74) is 7.88. The molecule has 5 heteroatoms. The van der Waals surface area contributed by atoms with Gasteiger partial charge in [-0.1, -0.05) is 13.8 Å². The van der Waals surface area contributed by atoms with Gasteiger partial charge in [0.25, 0.3) is 0 Å². The average Bonchev–Trinajstić information content (AvgIpc) is 2.45. The second-order valence-corrected chi connectivity index (χ2v) is 6.16. The predicted octanol–water partition coefficient (Wildman–Crippen LogP) is 3.04. The van der Waals surface area contributed by atoms with Gasteiger partial charge >= 0.3 is 0 Å². The van der Waals surface area contributed by atoms with Gasteiger partial charge in [0.15, 0.2) is 5.82 Å². The van der Waals surface area contributed by atoms with Gasteiger partial charge in [-0.3, -0.25) is 0 Å². The molecular weight excluding hydrogens is 248 g/mol. The van der Waals surface area contributed by atoms with Gasteiger partial charge in [-0.25, -0.2) is 4.98 Å². The third-order valence-corrected chi connectivity index (χ3v) is 3.90. The number of aromatic nitrogens is 2. The van der Waals surface area contributed by atoms with Gasteiger partial charge in [0.1, 0.15) is 0 Å². The van der Waals surface area contributed by atoms with E-state index in [4.69, 9.17) is 17.3 Å². The van der Waals surface area contributed by atoms with Gasteiger partial charge in [0, 0.05) is 13.1 Å². The lowest BCUT2D eigenvalue weighted by atomic mass is 9.85. The molecule has 1 aromatic heterocycles. The molecule has 18 heavy (non-hydrogen) atoms. The fourth-order valence-electron chi connectivity index (χ4n) is 2.41. The number of rotatable bonds is 1. The third kappa shape index (κ3) is 2.86. The number of nitrogen functional groups attached to an aromatic ring is 1. The summed E-state index contributed by atoms with van der Waals surface area (Å²) in [6.07, 6.45) is 3.54. The van der Waals surface area contributed by atoms with Crippen LogP contribution in [0.4, 0.5) is 11.5 Å². The standard InChI is InChI=1S/C13H21ClN4/c1-9-10(15)11(17-12(14)16-9)18-7-4-5-13(2,3)6-8-18/h4-8,15H2,1-3H3. The quantitative estimate of drug-likeness (QED) is 0.796. The molecule has 1 aliphatic rings. The van der Waals surface area contributed by atoms with Crippen molar-refractivity contribution in [2.45, 2.75) is 40.0 Å². The largest absolute Gasteiger partial charge is 0.394 e. The molecule has 4 nitrogen and oxygen atoms in total. The second-order valence-electron chi connectivity index (χ2n) is 5.82. The van der Waals surface area contributed by atoms with Crippen molar-refractivity contribution in [3.8, 4) is 0 Å². The zero-order valence-electron chi connectivity index (χ0n) is 11.3. The van der Waals surface area contributed by atoms with E-state index in [9.17, 15) is 0 Å². The van der Waals surface area contributed by atoms with E-state index >= 15 is 0 Å². The Balaban J connectivity index is 2.26. The van der Waals surface area contributed by atoms with Gasteiger partial charge in [-0.05, 0) is 43.2 Å². The van der Waals surface area contributed by atoms with Crippen molar-refractivity contribution in [2.24, 2.45) is 5.41 Å². The van der Waals surface area contributed by atoms with Crippen molar-refractivity contribution in [3.05, 3.63) is 11.0 Å². The summed E-state index contributed by atoms with van der Waals surface area (Å²) in [6, 6.07) is 0. The van der Waals surface area contributed by atoms with E-state index in [2.05, 4.69) is 28.7 Å². The van der Waals surface area contributed by atoms with Crippen LogP contribution in [-0.4, -0.2) is 23.1 Å². The number of anilines is 2. The molecule has 0 amide bonds. The molecule has 1 saturated heterocycles. The summed E-state index contributed by atoms with van der Waals surface area (Å²) in [4.78, 5) is 10.6. The number of hydrogen-bond donors (Lipinski definition) is 1. The number of hydrogen-bond acceptors (Lipinski definition) is 4. The zero-order chi connectivity index (χ0) is 13.3. The van der Waals surface area contributed by atoms with Crippen LogP contribution in [0.25, 0.3) is 0 Å². The Morgan fingerprint density at radius 1 is 1.22 bits per heavy atom. The van der Waals surface area contributed by atoms with E-state index in [-0.39, 0.29) is 5.28 Å². The molecule has 0 aromatic carbocycles. The molecule has 2 heterocycles. The number of halogens is 1. The Hall–Kier alpha value is -1.03. The summed E-state index contributed by atoms with van der Waals surface area (Å²) >= 11 is 5.93. The summed E-state index contributed by atoms with van der Waals surface area (Å²) in [6.45, 7) is 8.47. The minimum atomic E-state index is 0.278. The summed E-state index contributed by atoms with van der Waals surface area (Å²) < 4.78 is 0. The van der Waals surface area contributed by atoms with Crippen LogP contribution >= 0.6 is 11.6 Å². The molecule has 0 bridgehead atoms. The van der Waals surface area contributed by atoms with Crippen LogP contribution in [-0.2, 0) is 0 Å². The first kappa shape index (κ1) is 13.4. The van der Waals surface area contributed by atoms with E-state index in [1.165, 1.54) is 6.42 Å². The molecule has 0 spiro atoms. The molecule has 1 fully saturated rings. The lowest BCUT2D eigenvalue weighted by Crippen LogP contribution is -2.27. The molecule has 1 aromatic rings. The van der Waals surface area contributed by atoms with Crippen molar-refractivity contribution in [2.75, 3.05) is 23.7 Å². The van der Waals surface area contributed by atoms with Crippen LogP contribution in [0.15, 0.2) is 0 Å². The molecule has 0 aliphatic carbocycles. The Kier molecular flexibility index (Phi) is 3.66. The first-order valence-electron chi connectivity index (χ1n) is 6.44.